The number of aryl methyl sites for hydroxylation is 2. The lowest BCUT2D eigenvalue weighted by Gasteiger charge is -2.08. The third-order valence-corrected chi connectivity index (χ3v) is 5.79. The molecule has 0 bridgehead atoms. The van der Waals surface area contributed by atoms with Gasteiger partial charge < -0.3 is 5.11 Å². The van der Waals surface area contributed by atoms with Crippen LogP contribution in [0.15, 0.2) is 54.6 Å². The van der Waals surface area contributed by atoms with Gasteiger partial charge in [0.1, 0.15) is 0 Å². The summed E-state index contributed by atoms with van der Waals surface area (Å²) in [4.78, 5) is 16.3. The molecular formula is C25H23N3O2. The van der Waals surface area contributed by atoms with Gasteiger partial charge in [-0.15, -0.1) is 0 Å². The second kappa shape index (κ2) is 7.10. The summed E-state index contributed by atoms with van der Waals surface area (Å²) in [7, 11) is 0. The Morgan fingerprint density at radius 3 is 2.53 bits per heavy atom. The Hall–Kier alpha value is -3.47. The molecule has 0 atom stereocenters. The van der Waals surface area contributed by atoms with Crippen molar-refractivity contribution in [2.45, 2.75) is 39.0 Å². The first-order valence-electron chi connectivity index (χ1n) is 10.3. The summed E-state index contributed by atoms with van der Waals surface area (Å²) in [6, 6.07) is 17.3. The predicted octanol–water partition coefficient (Wildman–Crippen LogP) is 5.18. The fourth-order valence-electron chi connectivity index (χ4n) is 4.16. The van der Waals surface area contributed by atoms with Crippen LogP contribution in [0.5, 0.6) is 0 Å². The van der Waals surface area contributed by atoms with Crippen molar-refractivity contribution in [3.8, 4) is 11.1 Å². The number of aromatic nitrogens is 3. The fourth-order valence-corrected chi connectivity index (χ4v) is 4.16. The summed E-state index contributed by atoms with van der Waals surface area (Å²) < 4.78 is 1.98. The normalized spacial score (nSPS) is 13.7. The van der Waals surface area contributed by atoms with Crippen molar-refractivity contribution in [1.82, 2.24) is 14.6 Å². The fraction of sp³-hybridized carbons (Fsp3) is 0.240. The number of aromatic carboxylic acids is 1. The Bertz CT molecular complexity index is 1270. The third kappa shape index (κ3) is 3.26. The lowest BCUT2D eigenvalue weighted by Crippen LogP contribution is -1.99. The van der Waals surface area contributed by atoms with Crippen molar-refractivity contribution in [2.24, 2.45) is 0 Å². The Morgan fingerprint density at radius 2 is 1.83 bits per heavy atom. The van der Waals surface area contributed by atoms with Crippen LogP contribution in [0.4, 0.5) is 0 Å². The average Bonchev–Trinajstić information content (AvgIpc) is 3.52. The Balaban J connectivity index is 1.52. The summed E-state index contributed by atoms with van der Waals surface area (Å²) in [6.07, 6.45) is 3.16. The first-order chi connectivity index (χ1) is 14.5. The van der Waals surface area contributed by atoms with Gasteiger partial charge in [0.15, 0.2) is 5.65 Å². The molecule has 0 radical (unpaired) electrons. The summed E-state index contributed by atoms with van der Waals surface area (Å²) in [5.74, 6) is -0.366. The average molecular weight is 397 g/mol. The minimum atomic E-state index is -0.910. The minimum absolute atomic E-state index is 0.319. The lowest BCUT2D eigenvalue weighted by atomic mass is 9.96. The highest BCUT2D eigenvalue weighted by atomic mass is 16.4. The summed E-state index contributed by atoms with van der Waals surface area (Å²) in [5, 5.41) is 14.4. The first-order valence-corrected chi connectivity index (χ1v) is 10.3. The first kappa shape index (κ1) is 18.6. The maximum Gasteiger partial charge on any atom is 0.336 e. The number of carboxylic acid groups (broad SMARTS) is 1. The Labute approximate surface area is 175 Å². The van der Waals surface area contributed by atoms with Crippen molar-refractivity contribution < 1.29 is 9.90 Å². The van der Waals surface area contributed by atoms with Gasteiger partial charge in [0.25, 0.3) is 0 Å². The molecular weight excluding hydrogens is 374 g/mol. The van der Waals surface area contributed by atoms with Gasteiger partial charge in [0, 0.05) is 29.3 Å². The predicted molar refractivity (Wildman–Crippen MR) is 116 cm³/mol. The number of hydrogen-bond acceptors (Lipinski definition) is 3. The van der Waals surface area contributed by atoms with Gasteiger partial charge in [-0.2, -0.15) is 5.10 Å². The number of hydrogen-bond donors (Lipinski definition) is 1. The van der Waals surface area contributed by atoms with Crippen molar-refractivity contribution in [3.05, 3.63) is 88.4 Å². The molecule has 0 saturated heterocycles. The Morgan fingerprint density at radius 1 is 1.10 bits per heavy atom. The molecule has 150 valence electrons. The van der Waals surface area contributed by atoms with Crippen molar-refractivity contribution in [3.63, 3.8) is 0 Å². The number of fused-ring (bicyclic) bond motifs is 1. The standard InChI is InChI=1S/C25H23N3O2/c1-15-13-16(2)28-24(26-15)22(23(27-28)19-11-12-19)14-17-7-9-18(10-8-17)20-5-3-4-6-21(20)25(29)30/h3-10,13,19H,11-12,14H2,1-2H3,(H,29,30). The highest BCUT2D eigenvalue weighted by molar-refractivity contribution is 5.96. The van der Waals surface area contributed by atoms with E-state index in [1.807, 2.05) is 35.7 Å². The maximum absolute atomic E-state index is 11.5. The zero-order chi connectivity index (χ0) is 20.8. The van der Waals surface area contributed by atoms with Crippen molar-refractivity contribution >= 4 is 11.6 Å². The number of carbonyl (C=O) groups is 1. The van der Waals surface area contributed by atoms with Gasteiger partial charge in [-0.1, -0.05) is 42.5 Å². The summed E-state index contributed by atoms with van der Waals surface area (Å²) in [5.41, 5.74) is 8.58. The van der Waals surface area contributed by atoms with E-state index in [0.29, 0.717) is 11.5 Å². The van der Waals surface area contributed by atoms with Gasteiger partial charge in [-0.3, -0.25) is 0 Å². The molecule has 1 aliphatic rings. The molecule has 5 heteroatoms. The van der Waals surface area contributed by atoms with E-state index in [9.17, 15) is 9.90 Å². The number of carboxylic acids is 1. The molecule has 1 aliphatic carbocycles. The van der Waals surface area contributed by atoms with E-state index in [1.54, 1.807) is 12.1 Å². The van der Waals surface area contributed by atoms with Crippen LogP contribution < -0.4 is 0 Å². The molecule has 1 fully saturated rings. The van der Waals surface area contributed by atoms with Gasteiger partial charge in [-0.05, 0) is 55.5 Å². The quantitative estimate of drug-likeness (QED) is 0.504. The van der Waals surface area contributed by atoms with E-state index in [2.05, 4.69) is 25.1 Å². The van der Waals surface area contributed by atoms with E-state index in [-0.39, 0.29) is 0 Å². The molecule has 4 aromatic rings. The molecule has 2 aromatic carbocycles. The number of nitrogens with zero attached hydrogens (tertiary/aromatic N) is 3. The highest BCUT2D eigenvalue weighted by Crippen LogP contribution is 2.42. The maximum atomic E-state index is 11.5. The van der Waals surface area contributed by atoms with E-state index >= 15 is 0 Å². The van der Waals surface area contributed by atoms with Gasteiger partial charge in [0.2, 0.25) is 0 Å². The minimum Gasteiger partial charge on any atom is -0.478 e. The highest BCUT2D eigenvalue weighted by Gasteiger charge is 2.31. The third-order valence-electron chi connectivity index (χ3n) is 5.79. The van der Waals surface area contributed by atoms with Gasteiger partial charge in [0.05, 0.1) is 11.3 Å². The second-order valence-electron chi connectivity index (χ2n) is 8.14. The zero-order valence-corrected chi connectivity index (χ0v) is 17.1. The molecule has 5 nitrogen and oxygen atoms in total. The number of rotatable bonds is 5. The van der Waals surface area contributed by atoms with Crippen LogP contribution in [0.1, 0.15) is 57.3 Å². The monoisotopic (exact) mass is 397 g/mol. The lowest BCUT2D eigenvalue weighted by molar-refractivity contribution is 0.0697. The molecule has 1 saturated carbocycles. The molecule has 2 heterocycles. The smallest absolute Gasteiger partial charge is 0.336 e. The van der Waals surface area contributed by atoms with E-state index in [1.165, 1.54) is 29.7 Å². The summed E-state index contributed by atoms with van der Waals surface area (Å²) >= 11 is 0. The topological polar surface area (TPSA) is 67.5 Å². The molecule has 1 N–H and O–H groups in total. The second-order valence-corrected chi connectivity index (χ2v) is 8.14. The number of benzene rings is 2. The molecule has 0 amide bonds. The van der Waals surface area contributed by atoms with E-state index < -0.39 is 5.97 Å². The SMILES string of the molecule is Cc1cc(C)n2nc(C3CC3)c(Cc3ccc(-c4ccccc4C(=O)O)cc3)c2n1. The molecule has 2 aromatic heterocycles. The van der Waals surface area contributed by atoms with Crippen LogP contribution >= 0.6 is 0 Å². The van der Waals surface area contributed by atoms with Gasteiger partial charge >= 0.3 is 5.97 Å². The largest absolute Gasteiger partial charge is 0.478 e. The van der Waals surface area contributed by atoms with Crippen LogP contribution in [0.2, 0.25) is 0 Å². The van der Waals surface area contributed by atoms with E-state index in [4.69, 9.17) is 10.1 Å². The molecule has 0 aliphatic heterocycles. The van der Waals surface area contributed by atoms with Crippen LogP contribution in [-0.4, -0.2) is 25.7 Å². The van der Waals surface area contributed by atoms with Crippen molar-refractivity contribution in [2.75, 3.05) is 0 Å². The molecule has 5 rings (SSSR count). The van der Waals surface area contributed by atoms with Gasteiger partial charge in [-0.25, -0.2) is 14.3 Å². The van der Waals surface area contributed by atoms with Crippen LogP contribution in [0, 0.1) is 13.8 Å². The van der Waals surface area contributed by atoms with Crippen LogP contribution in [-0.2, 0) is 6.42 Å². The van der Waals surface area contributed by atoms with E-state index in [0.717, 1.165) is 34.6 Å². The zero-order valence-electron chi connectivity index (χ0n) is 17.1. The van der Waals surface area contributed by atoms with Crippen molar-refractivity contribution in [1.29, 1.82) is 0 Å². The molecule has 0 spiro atoms. The summed E-state index contributed by atoms with van der Waals surface area (Å²) in [6.45, 7) is 4.10. The Kier molecular flexibility index (Phi) is 4.39. The molecule has 0 unspecified atom stereocenters. The molecule has 30 heavy (non-hydrogen) atoms. The van der Waals surface area contributed by atoms with Crippen LogP contribution in [0.25, 0.3) is 16.8 Å². The van der Waals surface area contributed by atoms with Crippen LogP contribution in [0.3, 0.4) is 0 Å².